The van der Waals surface area contributed by atoms with Crippen molar-refractivity contribution in [1.29, 1.82) is 0 Å². The summed E-state index contributed by atoms with van der Waals surface area (Å²) in [6, 6.07) is 30.9. The summed E-state index contributed by atoms with van der Waals surface area (Å²) in [6.45, 7) is 0. The Morgan fingerprint density at radius 1 is 0.595 bits per heavy atom. The van der Waals surface area contributed by atoms with Gasteiger partial charge in [-0.05, 0) is 54.6 Å². The molecule has 0 amide bonds. The third-order valence-electron chi connectivity index (χ3n) is 5.61. The lowest BCUT2D eigenvalue weighted by Gasteiger charge is -2.25. The van der Waals surface area contributed by atoms with Crippen LogP contribution in [0.4, 0.5) is 0 Å². The first-order valence-electron chi connectivity index (χ1n) is 11.2. The van der Waals surface area contributed by atoms with Crippen LogP contribution in [-0.2, 0) is 23.6 Å². The number of carbonyl (C=O) groups excluding carboxylic acids is 2. The van der Waals surface area contributed by atoms with Gasteiger partial charge in [-0.25, -0.2) is 9.59 Å². The van der Waals surface area contributed by atoms with Gasteiger partial charge in [0.15, 0.2) is 0 Å². The van der Waals surface area contributed by atoms with E-state index in [0.29, 0.717) is 15.9 Å². The SMILES string of the molecule is COC(=O)c1cc(C(=O)OC)cc(S(=O)(=O)O[P+](c2ccccc2)(c2ccccc2)c2ccccc2)c1. The number of benzene rings is 4. The molecule has 0 saturated heterocycles. The third kappa shape index (κ3) is 5.32. The third-order valence-corrected chi connectivity index (χ3v) is 11.2. The molecule has 9 heteroatoms. The fourth-order valence-corrected chi connectivity index (χ4v) is 9.66. The van der Waals surface area contributed by atoms with Gasteiger partial charge >= 0.3 is 22.1 Å². The molecule has 0 radical (unpaired) electrons. The predicted molar refractivity (Wildman–Crippen MR) is 143 cm³/mol. The summed E-state index contributed by atoms with van der Waals surface area (Å²) in [5.74, 6) is -1.62. The van der Waals surface area contributed by atoms with Crippen molar-refractivity contribution in [2.24, 2.45) is 0 Å². The largest absolute Gasteiger partial charge is 0.465 e. The van der Waals surface area contributed by atoms with Crippen LogP contribution in [0.15, 0.2) is 114 Å². The van der Waals surface area contributed by atoms with Crippen molar-refractivity contribution in [3.05, 3.63) is 120 Å². The molecule has 0 aromatic heterocycles. The van der Waals surface area contributed by atoms with E-state index in [1.165, 1.54) is 6.07 Å². The maximum atomic E-state index is 14.0. The minimum Gasteiger partial charge on any atom is -0.465 e. The molecule has 37 heavy (non-hydrogen) atoms. The van der Waals surface area contributed by atoms with Crippen LogP contribution in [0, 0.1) is 0 Å². The average molecular weight is 536 g/mol. The molecule has 0 unspecified atom stereocenters. The first-order valence-corrected chi connectivity index (χ1v) is 14.3. The molecule has 188 valence electrons. The quantitative estimate of drug-likeness (QED) is 0.250. The highest BCUT2D eigenvalue weighted by Gasteiger charge is 2.52. The van der Waals surface area contributed by atoms with E-state index in [4.69, 9.17) is 13.4 Å². The van der Waals surface area contributed by atoms with Crippen LogP contribution in [0.25, 0.3) is 0 Å². The summed E-state index contributed by atoms with van der Waals surface area (Å²) >= 11 is 0. The number of hydrogen-bond donors (Lipinski definition) is 0. The highest BCUT2D eigenvalue weighted by Crippen LogP contribution is 2.58. The maximum absolute atomic E-state index is 14.0. The van der Waals surface area contributed by atoms with Gasteiger partial charge in [0.2, 0.25) is 0 Å². The highest BCUT2D eigenvalue weighted by molar-refractivity contribution is 8.01. The Hall–Kier alpha value is -3.84. The Kier molecular flexibility index (Phi) is 7.83. The van der Waals surface area contributed by atoms with Crippen molar-refractivity contribution in [2.75, 3.05) is 14.2 Å². The fraction of sp³-hybridized carbons (Fsp3) is 0.0714. The summed E-state index contributed by atoms with van der Waals surface area (Å²) in [7, 11) is -5.49. The van der Waals surface area contributed by atoms with Gasteiger partial charge in [-0.1, -0.05) is 58.6 Å². The van der Waals surface area contributed by atoms with Crippen LogP contribution in [0.5, 0.6) is 0 Å². The van der Waals surface area contributed by atoms with Crippen molar-refractivity contribution in [1.82, 2.24) is 0 Å². The molecule has 0 spiro atoms. The molecule has 0 saturated carbocycles. The van der Waals surface area contributed by atoms with Crippen LogP contribution >= 0.6 is 7.49 Å². The van der Waals surface area contributed by atoms with Crippen LogP contribution in [0.1, 0.15) is 20.7 Å². The molecule has 7 nitrogen and oxygen atoms in total. The maximum Gasteiger partial charge on any atom is 0.337 e. The molecule has 4 aromatic rings. The zero-order chi connectivity index (χ0) is 26.5. The zero-order valence-corrected chi connectivity index (χ0v) is 21.8. The molecule has 0 fully saturated rings. The Balaban J connectivity index is 1.99. The number of rotatable bonds is 8. The van der Waals surface area contributed by atoms with Crippen molar-refractivity contribution in [2.45, 2.75) is 4.90 Å². The van der Waals surface area contributed by atoms with E-state index >= 15 is 0 Å². The Morgan fingerprint density at radius 3 is 1.27 bits per heavy atom. The van der Waals surface area contributed by atoms with Gasteiger partial charge in [0.25, 0.3) is 7.49 Å². The summed E-state index contributed by atoms with van der Waals surface area (Å²) in [5, 5.41) is 2.02. The Morgan fingerprint density at radius 2 is 0.946 bits per heavy atom. The van der Waals surface area contributed by atoms with E-state index in [0.717, 1.165) is 26.4 Å². The summed E-state index contributed by atoms with van der Waals surface area (Å²) in [5.41, 5.74) is -0.258. The topological polar surface area (TPSA) is 96.0 Å². The van der Waals surface area contributed by atoms with Crippen molar-refractivity contribution >= 4 is 45.5 Å². The molecule has 0 aliphatic carbocycles. The highest BCUT2D eigenvalue weighted by atomic mass is 32.2. The van der Waals surface area contributed by atoms with E-state index < -0.39 is 29.5 Å². The Bertz CT molecular complexity index is 1380. The van der Waals surface area contributed by atoms with Gasteiger partial charge in [-0.15, -0.1) is 0 Å². The second-order valence-electron chi connectivity index (χ2n) is 7.87. The van der Waals surface area contributed by atoms with Gasteiger partial charge in [-0.3, -0.25) is 0 Å². The summed E-state index contributed by atoms with van der Waals surface area (Å²) < 4.78 is 43.8. The molecule has 0 heterocycles. The monoisotopic (exact) mass is 535 g/mol. The zero-order valence-electron chi connectivity index (χ0n) is 20.1. The smallest absolute Gasteiger partial charge is 0.337 e. The Labute approximate surface area is 216 Å². The summed E-state index contributed by atoms with van der Waals surface area (Å²) in [4.78, 5) is 24.2. The van der Waals surface area contributed by atoms with E-state index in [2.05, 4.69) is 0 Å². The normalized spacial score (nSPS) is 11.5. The number of ether oxygens (including phenoxy) is 2. The molecule has 0 bridgehead atoms. The second-order valence-corrected chi connectivity index (χ2v) is 12.6. The van der Waals surface area contributed by atoms with Crippen molar-refractivity contribution in [3.63, 3.8) is 0 Å². The van der Waals surface area contributed by atoms with Crippen LogP contribution < -0.4 is 15.9 Å². The van der Waals surface area contributed by atoms with Gasteiger partial charge in [0.05, 0.1) is 30.2 Å². The lowest BCUT2D eigenvalue weighted by Crippen LogP contribution is -2.34. The molecular formula is C28H24O7PS+. The fourth-order valence-electron chi connectivity index (χ4n) is 3.90. The lowest BCUT2D eigenvalue weighted by atomic mass is 10.1. The van der Waals surface area contributed by atoms with Gasteiger partial charge in [-0.2, -0.15) is 8.42 Å². The molecule has 0 aliphatic rings. The standard InChI is InChI=1S/C28H24O7PS/c1-33-27(29)21-18-22(28(30)34-2)20-26(19-21)37(31,32)35-36(23-12-6-3-7-13-23,24-14-8-4-9-15-24)25-16-10-5-11-17-25/h3-20H,1-2H3/q+1. The van der Waals surface area contributed by atoms with Crippen molar-refractivity contribution < 1.29 is 31.5 Å². The first kappa shape index (κ1) is 26.2. The summed E-state index contributed by atoms with van der Waals surface area (Å²) in [6.07, 6.45) is 0. The molecule has 0 atom stereocenters. The van der Waals surface area contributed by atoms with Gasteiger partial charge in [0, 0.05) is 0 Å². The number of hydrogen-bond acceptors (Lipinski definition) is 7. The first-order chi connectivity index (χ1) is 17.8. The molecule has 4 aromatic carbocycles. The average Bonchev–Trinajstić information content (AvgIpc) is 2.96. The van der Waals surface area contributed by atoms with Gasteiger partial charge in [0.1, 0.15) is 15.9 Å². The molecule has 4 rings (SSSR count). The van der Waals surface area contributed by atoms with E-state index in [9.17, 15) is 18.0 Å². The van der Waals surface area contributed by atoms with Crippen LogP contribution in [-0.4, -0.2) is 34.6 Å². The lowest BCUT2D eigenvalue weighted by molar-refractivity contribution is 0.0598. The van der Waals surface area contributed by atoms with E-state index in [1.54, 1.807) is 0 Å². The minimum absolute atomic E-state index is 0.129. The van der Waals surface area contributed by atoms with E-state index in [1.807, 2.05) is 91.0 Å². The van der Waals surface area contributed by atoms with Crippen molar-refractivity contribution in [3.8, 4) is 0 Å². The van der Waals surface area contributed by atoms with Crippen LogP contribution in [0.2, 0.25) is 0 Å². The molecule has 0 aliphatic heterocycles. The molecule has 0 N–H and O–H groups in total. The van der Waals surface area contributed by atoms with Crippen LogP contribution in [0.3, 0.4) is 0 Å². The van der Waals surface area contributed by atoms with E-state index in [-0.39, 0.29) is 16.0 Å². The second kappa shape index (κ2) is 11.0. The number of methoxy groups -OCH3 is 2. The van der Waals surface area contributed by atoms with Gasteiger partial charge < -0.3 is 9.47 Å². The minimum atomic E-state index is -4.56. The number of esters is 2. The predicted octanol–water partition coefficient (Wildman–Crippen LogP) is 3.87. The number of carbonyl (C=O) groups is 2. The molecular weight excluding hydrogens is 511 g/mol.